The van der Waals surface area contributed by atoms with Gasteiger partial charge in [0.15, 0.2) is 6.79 Å². The summed E-state index contributed by atoms with van der Waals surface area (Å²) in [5.74, 6) is 0.728. The molecule has 0 N–H and O–H groups in total. The standard InChI is InChI=1S/C12H10ClO2/c1-14-8-15-10-5-6-11-9(7-10)3-2-4-12(11)13/h2-5,7H,8H2,1H3. The van der Waals surface area contributed by atoms with Crippen LogP contribution in [-0.2, 0) is 4.74 Å². The Balaban J connectivity index is 2.39. The molecule has 0 unspecified atom stereocenters. The summed E-state index contributed by atoms with van der Waals surface area (Å²) in [6, 6.07) is 12.5. The van der Waals surface area contributed by atoms with E-state index in [1.165, 1.54) is 0 Å². The molecule has 0 bridgehead atoms. The van der Waals surface area contributed by atoms with Gasteiger partial charge < -0.3 is 9.47 Å². The van der Waals surface area contributed by atoms with Gasteiger partial charge in [0.2, 0.25) is 0 Å². The molecule has 0 aliphatic heterocycles. The fourth-order valence-corrected chi connectivity index (χ4v) is 1.60. The Hall–Kier alpha value is -1.25. The second-order valence-corrected chi connectivity index (χ2v) is 3.50. The van der Waals surface area contributed by atoms with Crippen LogP contribution in [0.1, 0.15) is 0 Å². The van der Waals surface area contributed by atoms with Gasteiger partial charge in [-0.1, -0.05) is 23.7 Å². The zero-order valence-corrected chi connectivity index (χ0v) is 9.04. The van der Waals surface area contributed by atoms with Crippen LogP contribution in [0.2, 0.25) is 5.02 Å². The van der Waals surface area contributed by atoms with Crippen LogP contribution < -0.4 is 4.74 Å². The molecule has 2 rings (SSSR count). The van der Waals surface area contributed by atoms with Crippen molar-refractivity contribution in [2.75, 3.05) is 13.9 Å². The number of hydrogen-bond donors (Lipinski definition) is 0. The van der Waals surface area contributed by atoms with E-state index in [0.717, 1.165) is 16.5 Å². The number of rotatable bonds is 3. The minimum absolute atomic E-state index is 0.236. The molecule has 0 aliphatic carbocycles. The van der Waals surface area contributed by atoms with Crippen LogP contribution in [0.25, 0.3) is 10.8 Å². The van der Waals surface area contributed by atoms with Gasteiger partial charge >= 0.3 is 0 Å². The fraction of sp³-hybridized carbons (Fsp3) is 0.167. The summed E-state index contributed by atoms with van der Waals surface area (Å²) in [6.45, 7) is 0.236. The molecule has 0 amide bonds. The van der Waals surface area contributed by atoms with E-state index in [1.807, 2.05) is 24.3 Å². The Bertz CT molecular complexity index is 468. The summed E-state index contributed by atoms with van der Waals surface area (Å²) < 4.78 is 10.1. The van der Waals surface area contributed by atoms with Crippen LogP contribution in [0.15, 0.2) is 30.3 Å². The van der Waals surface area contributed by atoms with Gasteiger partial charge in [0.25, 0.3) is 0 Å². The largest absolute Gasteiger partial charge is 0.468 e. The van der Waals surface area contributed by atoms with Crippen LogP contribution in [0.5, 0.6) is 5.75 Å². The Morgan fingerprint density at radius 2 is 2.27 bits per heavy atom. The van der Waals surface area contributed by atoms with Gasteiger partial charge in [-0.25, -0.2) is 0 Å². The van der Waals surface area contributed by atoms with Gasteiger partial charge in [0.1, 0.15) is 5.75 Å². The number of ether oxygens (including phenoxy) is 2. The van der Waals surface area contributed by atoms with E-state index in [4.69, 9.17) is 21.1 Å². The molecule has 15 heavy (non-hydrogen) atoms. The Labute approximate surface area is 93.4 Å². The first-order valence-electron chi connectivity index (χ1n) is 4.53. The molecule has 0 aromatic heterocycles. The van der Waals surface area contributed by atoms with Gasteiger partial charge in [0.05, 0.1) is 0 Å². The second-order valence-electron chi connectivity index (χ2n) is 3.09. The van der Waals surface area contributed by atoms with Crippen molar-refractivity contribution in [3.05, 3.63) is 41.4 Å². The molecule has 3 heteroatoms. The highest BCUT2D eigenvalue weighted by molar-refractivity contribution is 6.35. The maximum Gasteiger partial charge on any atom is 0.188 e. The predicted octanol–water partition coefficient (Wildman–Crippen LogP) is 3.28. The van der Waals surface area contributed by atoms with E-state index in [-0.39, 0.29) is 6.79 Å². The van der Waals surface area contributed by atoms with Gasteiger partial charge in [-0.05, 0) is 29.7 Å². The zero-order valence-electron chi connectivity index (χ0n) is 8.29. The van der Waals surface area contributed by atoms with Crippen LogP contribution in [-0.4, -0.2) is 13.9 Å². The Morgan fingerprint density at radius 3 is 3.07 bits per heavy atom. The lowest BCUT2D eigenvalue weighted by atomic mass is 10.1. The van der Waals surface area contributed by atoms with E-state index in [0.29, 0.717) is 5.02 Å². The van der Waals surface area contributed by atoms with Crippen molar-refractivity contribution in [3.63, 3.8) is 0 Å². The highest BCUT2D eigenvalue weighted by Crippen LogP contribution is 2.26. The molecule has 2 aromatic rings. The number of fused-ring (bicyclic) bond motifs is 1. The first-order valence-corrected chi connectivity index (χ1v) is 4.91. The second kappa shape index (κ2) is 4.51. The van der Waals surface area contributed by atoms with Crippen molar-refractivity contribution in [1.82, 2.24) is 0 Å². The first kappa shape index (κ1) is 10.3. The predicted molar refractivity (Wildman–Crippen MR) is 60.3 cm³/mol. The van der Waals surface area contributed by atoms with E-state index in [2.05, 4.69) is 6.07 Å². The minimum atomic E-state index is 0.236. The molecule has 2 aromatic carbocycles. The lowest BCUT2D eigenvalue weighted by Crippen LogP contribution is -1.98. The zero-order chi connectivity index (χ0) is 10.7. The normalized spacial score (nSPS) is 10.5. The average molecular weight is 222 g/mol. The molecule has 0 spiro atoms. The van der Waals surface area contributed by atoms with Crippen LogP contribution >= 0.6 is 11.6 Å². The summed E-state index contributed by atoms with van der Waals surface area (Å²) in [5, 5.41) is 2.62. The highest BCUT2D eigenvalue weighted by Gasteiger charge is 2.00. The third-order valence-electron chi connectivity index (χ3n) is 2.05. The van der Waals surface area contributed by atoms with Crippen LogP contribution in [0.3, 0.4) is 0 Å². The molecule has 77 valence electrons. The number of hydrogen-bond acceptors (Lipinski definition) is 2. The molecule has 0 saturated carbocycles. The van der Waals surface area contributed by atoms with Gasteiger partial charge in [-0.3, -0.25) is 0 Å². The number of methoxy groups -OCH3 is 1. The van der Waals surface area contributed by atoms with E-state index in [1.54, 1.807) is 13.2 Å². The topological polar surface area (TPSA) is 18.5 Å². The van der Waals surface area contributed by atoms with Gasteiger partial charge in [-0.2, -0.15) is 0 Å². The van der Waals surface area contributed by atoms with Crippen molar-refractivity contribution in [1.29, 1.82) is 0 Å². The van der Waals surface area contributed by atoms with Crippen LogP contribution in [0.4, 0.5) is 0 Å². The molecule has 2 nitrogen and oxygen atoms in total. The van der Waals surface area contributed by atoms with Crippen molar-refractivity contribution in [3.8, 4) is 5.75 Å². The average Bonchev–Trinajstić information content (AvgIpc) is 2.26. The molecule has 1 radical (unpaired) electrons. The van der Waals surface area contributed by atoms with E-state index in [9.17, 15) is 0 Å². The molecular formula is C12H10ClO2. The maximum absolute atomic E-state index is 6.02. The summed E-state index contributed by atoms with van der Waals surface area (Å²) in [7, 11) is 1.58. The quantitative estimate of drug-likeness (QED) is 0.741. The summed E-state index contributed by atoms with van der Waals surface area (Å²) in [4.78, 5) is 0. The highest BCUT2D eigenvalue weighted by atomic mass is 35.5. The molecule has 0 fully saturated rings. The monoisotopic (exact) mass is 221 g/mol. The van der Waals surface area contributed by atoms with Crippen molar-refractivity contribution >= 4 is 22.4 Å². The number of halogens is 1. The summed E-state index contributed by atoms with van der Waals surface area (Å²) >= 11 is 6.02. The Kier molecular flexibility index (Phi) is 3.09. The molecule has 0 atom stereocenters. The molecular weight excluding hydrogens is 212 g/mol. The maximum atomic E-state index is 6.02. The van der Waals surface area contributed by atoms with E-state index >= 15 is 0 Å². The first-order chi connectivity index (χ1) is 7.31. The molecule has 0 aliphatic rings. The fourth-order valence-electron chi connectivity index (χ4n) is 1.36. The van der Waals surface area contributed by atoms with E-state index < -0.39 is 0 Å². The Morgan fingerprint density at radius 1 is 1.40 bits per heavy atom. The van der Waals surface area contributed by atoms with Gasteiger partial charge in [0, 0.05) is 17.5 Å². The smallest absolute Gasteiger partial charge is 0.188 e. The number of benzene rings is 2. The molecule has 0 heterocycles. The third-order valence-corrected chi connectivity index (χ3v) is 2.36. The van der Waals surface area contributed by atoms with Gasteiger partial charge in [-0.15, -0.1) is 0 Å². The summed E-state index contributed by atoms with van der Waals surface area (Å²) in [5.41, 5.74) is 0. The van der Waals surface area contributed by atoms with Crippen LogP contribution in [0, 0.1) is 6.07 Å². The molecule has 0 saturated heterocycles. The van der Waals surface area contributed by atoms with Crippen molar-refractivity contribution in [2.24, 2.45) is 0 Å². The van der Waals surface area contributed by atoms with Crippen molar-refractivity contribution in [2.45, 2.75) is 0 Å². The minimum Gasteiger partial charge on any atom is -0.468 e. The van der Waals surface area contributed by atoms with Crippen molar-refractivity contribution < 1.29 is 9.47 Å². The SMILES string of the molecule is COCOc1c[c]c2c(Cl)cccc2c1. The third kappa shape index (κ3) is 2.22. The summed E-state index contributed by atoms with van der Waals surface area (Å²) in [6.07, 6.45) is 0. The lowest BCUT2D eigenvalue weighted by molar-refractivity contribution is 0.0512. The lowest BCUT2D eigenvalue weighted by Gasteiger charge is -2.06.